The van der Waals surface area contributed by atoms with Gasteiger partial charge in [0.15, 0.2) is 11.5 Å². The van der Waals surface area contributed by atoms with Gasteiger partial charge in [0.25, 0.3) is 5.56 Å². The minimum Gasteiger partial charge on any atom is -0.391 e. The van der Waals surface area contributed by atoms with Gasteiger partial charge in [-0.3, -0.25) is 29.0 Å². The number of aromatic nitrogens is 6. The molecule has 2 aromatic carbocycles. The highest BCUT2D eigenvalue weighted by atomic mass is 32.1. The molecule has 78 heavy (non-hydrogen) atoms. The van der Waals surface area contributed by atoms with Crippen LogP contribution in [0.4, 0.5) is 17.3 Å². The van der Waals surface area contributed by atoms with Crippen molar-refractivity contribution >= 4 is 57.4 Å². The largest absolute Gasteiger partial charge is 0.391 e. The van der Waals surface area contributed by atoms with E-state index in [0.29, 0.717) is 40.0 Å². The van der Waals surface area contributed by atoms with Gasteiger partial charge in [0.05, 0.1) is 41.0 Å². The number of pyridine rings is 1. The van der Waals surface area contributed by atoms with Crippen molar-refractivity contribution in [2.75, 3.05) is 62.6 Å². The number of nitrogens with zero attached hydrogens (tertiary/aromatic N) is 10. The third-order valence-electron chi connectivity index (χ3n) is 16.2. The van der Waals surface area contributed by atoms with Gasteiger partial charge in [-0.1, -0.05) is 57.2 Å². The van der Waals surface area contributed by atoms with Crippen LogP contribution in [0.15, 0.2) is 95.9 Å². The molecule has 5 N–H and O–H groups in total. The summed E-state index contributed by atoms with van der Waals surface area (Å²) in [6, 6.07) is 20.3. The van der Waals surface area contributed by atoms with Crippen LogP contribution in [0.25, 0.3) is 27.3 Å². The van der Waals surface area contributed by atoms with Crippen LogP contribution in [0.5, 0.6) is 0 Å². The second kappa shape index (κ2) is 22.1. The number of rotatable bonds is 16. The Bertz CT molecular complexity index is 3210. The summed E-state index contributed by atoms with van der Waals surface area (Å²) >= 11 is 1.59. The Morgan fingerprint density at radius 3 is 2.29 bits per heavy atom. The van der Waals surface area contributed by atoms with Crippen molar-refractivity contribution in [2.24, 2.45) is 10.8 Å². The molecule has 1 spiro atoms. The van der Waals surface area contributed by atoms with Crippen LogP contribution in [0.2, 0.25) is 0 Å². The molecule has 3 atom stereocenters. The molecule has 0 bridgehead atoms. The number of piperidine rings is 1. The van der Waals surface area contributed by atoms with Crippen molar-refractivity contribution in [2.45, 2.75) is 117 Å². The summed E-state index contributed by atoms with van der Waals surface area (Å²) in [7, 11) is 0. The van der Waals surface area contributed by atoms with Crippen LogP contribution >= 0.6 is 11.3 Å². The Hall–Kier alpha value is -6.84. The summed E-state index contributed by atoms with van der Waals surface area (Å²) in [5.74, 6) is -0.137. The molecule has 1 saturated carbocycles. The third-order valence-corrected chi connectivity index (χ3v) is 17.2. The van der Waals surface area contributed by atoms with Crippen molar-refractivity contribution in [3.8, 4) is 16.3 Å². The molecule has 10 rings (SSSR count). The molecule has 19 nitrogen and oxygen atoms in total. The number of aryl methyl sites for hydroxylation is 1. The van der Waals surface area contributed by atoms with E-state index in [1.165, 1.54) is 15.8 Å². The van der Waals surface area contributed by atoms with Crippen molar-refractivity contribution < 1.29 is 24.6 Å². The number of hydrogen-bond acceptors (Lipinski definition) is 15. The maximum atomic E-state index is 14.3. The van der Waals surface area contributed by atoms with E-state index in [0.717, 1.165) is 98.0 Å². The van der Waals surface area contributed by atoms with Gasteiger partial charge >= 0.3 is 0 Å². The average Bonchev–Trinajstić information content (AvgIpc) is 4.19. The van der Waals surface area contributed by atoms with Gasteiger partial charge < -0.3 is 36.0 Å². The lowest BCUT2D eigenvalue weighted by atomic mass is 9.60. The molecule has 6 aromatic rings. The fourth-order valence-corrected chi connectivity index (χ4v) is 12.5. The summed E-state index contributed by atoms with van der Waals surface area (Å²) in [6.45, 7) is 21.1. The first-order chi connectivity index (χ1) is 37.3. The van der Waals surface area contributed by atoms with E-state index < -0.39 is 29.2 Å². The van der Waals surface area contributed by atoms with Gasteiger partial charge in [0.2, 0.25) is 23.7 Å². The number of likely N-dealkylation sites (tertiary alicyclic amines) is 2. The quantitative estimate of drug-likeness (QED) is 0.0731. The Balaban J connectivity index is 0.673. The predicted octanol–water partition coefficient (Wildman–Crippen LogP) is 5.74. The number of aliphatic hydroxyl groups is 2. The Morgan fingerprint density at radius 1 is 0.923 bits per heavy atom. The SMILES string of the molecule is C=CCn1c(=O)c2cnc(Nc3ccc(N4CCN(C5CC6(CCN(CC(=O)N[C@H](C(=O)N7C[C@H](O)C[C@H]7C(=O)NCc7ccc(-c8scnc8C)cc7)C(C)(C)C)CC6)C5)CC4)cc3)nc2n1-c1cccc(C(C)(C)O)n1. The number of anilines is 3. The summed E-state index contributed by atoms with van der Waals surface area (Å²) < 4.78 is 3.15. The number of β-amino-alcohol motifs (C(OH)–C–C–N with tert-alkyl or cyclic N) is 1. The number of nitrogens with one attached hydrogen (secondary N) is 3. The first-order valence-electron chi connectivity index (χ1n) is 27.2. The monoisotopic (exact) mass is 1080 g/mol. The first-order valence-corrected chi connectivity index (χ1v) is 28.1. The molecule has 4 aliphatic rings. The van der Waals surface area contributed by atoms with E-state index in [-0.39, 0.29) is 55.9 Å². The molecule has 3 aliphatic heterocycles. The number of thiazole rings is 1. The molecule has 4 fully saturated rings. The third kappa shape index (κ3) is 11.6. The zero-order valence-corrected chi connectivity index (χ0v) is 46.4. The number of carbonyl (C=O) groups is 3. The minimum absolute atomic E-state index is 0.0271. The lowest BCUT2D eigenvalue weighted by Gasteiger charge is -2.56. The van der Waals surface area contributed by atoms with E-state index in [1.807, 2.05) is 69.6 Å². The number of hydrogen-bond donors (Lipinski definition) is 5. The van der Waals surface area contributed by atoms with Gasteiger partial charge in [0, 0.05) is 69.3 Å². The zero-order chi connectivity index (χ0) is 55.1. The number of allylic oxidation sites excluding steroid dienone is 1. The highest BCUT2D eigenvalue weighted by Gasteiger charge is 2.49. The van der Waals surface area contributed by atoms with Crippen molar-refractivity contribution in [3.63, 3.8) is 0 Å². The van der Waals surface area contributed by atoms with E-state index >= 15 is 0 Å². The summed E-state index contributed by atoms with van der Waals surface area (Å²) in [4.78, 5) is 83.2. The molecule has 1 aliphatic carbocycles. The molecule has 0 radical (unpaired) electrons. The number of benzene rings is 2. The van der Waals surface area contributed by atoms with Crippen LogP contribution in [0.3, 0.4) is 0 Å². The van der Waals surface area contributed by atoms with Crippen LogP contribution < -0.4 is 26.4 Å². The maximum absolute atomic E-state index is 14.3. The number of carbonyl (C=O) groups excluding carboxylic acids is 3. The van der Waals surface area contributed by atoms with Crippen LogP contribution in [-0.2, 0) is 33.1 Å². The van der Waals surface area contributed by atoms with Crippen LogP contribution in [0, 0.1) is 17.8 Å². The van der Waals surface area contributed by atoms with Crippen molar-refractivity contribution in [1.82, 2.24) is 54.6 Å². The number of aliphatic hydroxyl groups excluding tert-OH is 1. The predicted molar refractivity (Wildman–Crippen MR) is 303 cm³/mol. The molecule has 0 unspecified atom stereocenters. The molecule has 4 aromatic heterocycles. The van der Waals surface area contributed by atoms with Crippen LogP contribution in [-0.4, -0.2) is 149 Å². The van der Waals surface area contributed by atoms with Crippen LogP contribution in [0.1, 0.15) is 83.7 Å². The molecule has 20 heteroatoms. The van der Waals surface area contributed by atoms with Gasteiger partial charge in [-0.05, 0) is 118 Å². The van der Waals surface area contributed by atoms with E-state index in [4.69, 9.17) is 4.98 Å². The molecule has 412 valence electrons. The standard InChI is InChI=1S/C58H73N13O6S/c1-8-22-70-53(75)44-33-60-55(65-51(44)71(70)47-11-9-10-46(63-47)57(6,7)77)62-40-16-18-41(19-17-40)67-25-27-68(28-26-67)42-30-58(31-42)20-23-66(24-21-58)35-48(73)64-50(56(3,4)5)54(76)69-34-43(72)29-45(69)52(74)59-32-38-12-14-39(15-13-38)49-37(2)61-36-78-49/h8-19,33,36,42-43,45,50,72,77H,1,20-32,34-35H2,2-7H3,(H,59,74)(H,64,73)(H,60,62,65)/t43-,45+,50-/m1/s1. The fourth-order valence-electron chi connectivity index (χ4n) is 11.7. The zero-order valence-electron chi connectivity index (χ0n) is 45.6. The first kappa shape index (κ1) is 54.5. The lowest BCUT2D eigenvalue weighted by molar-refractivity contribution is -0.144. The Kier molecular flexibility index (Phi) is 15.5. The summed E-state index contributed by atoms with van der Waals surface area (Å²) in [5.41, 5.74) is 5.77. The Morgan fingerprint density at radius 2 is 1.64 bits per heavy atom. The smallest absolute Gasteiger partial charge is 0.278 e. The molecular formula is C58H73N13O6S. The van der Waals surface area contributed by atoms with Gasteiger partial charge in [-0.25, -0.2) is 24.3 Å². The topological polar surface area (TPSA) is 219 Å². The molecule has 7 heterocycles. The number of amides is 3. The number of fused-ring (bicyclic) bond motifs is 1. The van der Waals surface area contributed by atoms with E-state index in [2.05, 4.69) is 64.3 Å². The van der Waals surface area contributed by atoms with Gasteiger partial charge in [-0.2, -0.15) is 4.98 Å². The van der Waals surface area contributed by atoms with E-state index in [9.17, 15) is 29.4 Å². The molecule has 3 amide bonds. The highest BCUT2D eigenvalue weighted by molar-refractivity contribution is 7.13. The van der Waals surface area contributed by atoms with Crippen molar-refractivity contribution in [3.05, 3.63) is 118 Å². The summed E-state index contributed by atoms with van der Waals surface area (Å²) in [6.07, 6.45) is 6.85. The second-order valence-corrected chi connectivity index (χ2v) is 24.2. The number of piperazine rings is 1. The van der Waals surface area contributed by atoms with Crippen molar-refractivity contribution in [1.29, 1.82) is 0 Å². The maximum Gasteiger partial charge on any atom is 0.278 e. The van der Waals surface area contributed by atoms with E-state index in [1.54, 1.807) is 54.1 Å². The molecule has 3 saturated heterocycles. The molecular weight excluding hydrogens is 1010 g/mol. The lowest BCUT2D eigenvalue weighted by Crippen LogP contribution is -2.60. The normalized spacial score (nSPS) is 19.7. The minimum atomic E-state index is -1.18. The summed E-state index contributed by atoms with van der Waals surface area (Å²) in [5, 5.41) is 31.1. The average molecular weight is 1080 g/mol. The van der Waals surface area contributed by atoms with Gasteiger partial charge in [0.1, 0.15) is 23.1 Å². The highest BCUT2D eigenvalue weighted by Crippen LogP contribution is 2.51. The Labute approximate surface area is 459 Å². The fraction of sp³-hybridized carbons (Fsp3) is 0.483. The van der Waals surface area contributed by atoms with Gasteiger partial charge in [-0.15, -0.1) is 17.9 Å². The second-order valence-electron chi connectivity index (χ2n) is 23.3.